The summed E-state index contributed by atoms with van der Waals surface area (Å²) in [6.45, 7) is 3.19. The van der Waals surface area contributed by atoms with Crippen LogP contribution in [0.5, 0.6) is 0 Å². The van der Waals surface area contributed by atoms with E-state index < -0.39 is 5.92 Å². The first kappa shape index (κ1) is 18.1. The van der Waals surface area contributed by atoms with E-state index >= 15 is 0 Å². The highest BCUT2D eigenvalue weighted by atomic mass is 19.1. The van der Waals surface area contributed by atoms with Gasteiger partial charge in [-0.2, -0.15) is 0 Å². The van der Waals surface area contributed by atoms with Crippen LogP contribution < -0.4 is 0 Å². The molecule has 1 heterocycles. The Morgan fingerprint density at radius 1 is 0.926 bits per heavy atom. The van der Waals surface area contributed by atoms with Gasteiger partial charge in [0.1, 0.15) is 23.3 Å². The number of aryl methyl sites for hydroxylation is 1. The second-order valence-corrected chi connectivity index (χ2v) is 7.91. The fourth-order valence-corrected chi connectivity index (χ4v) is 4.46. The SMILES string of the molecule is Cc1ccc(-c2ccc(F)cc2)cc1C1C(=O)CC2(CCOCC2)CC1=O. The minimum atomic E-state index is -0.682. The van der Waals surface area contributed by atoms with Crippen LogP contribution in [0.1, 0.15) is 42.7 Å². The molecule has 0 atom stereocenters. The molecule has 0 bridgehead atoms. The van der Waals surface area contributed by atoms with Gasteiger partial charge in [-0.25, -0.2) is 4.39 Å². The average Bonchev–Trinajstić information content (AvgIpc) is 2.64. The number of ketones is 2. The summed E-state index contributed by atoms with van der Waals surface area (Å²) in [5.41, 5.74) is 3.28. The van der Waals surface area contributed by atoms with Crippen molar-refractivity contribution in [3.05, 3.63) is 59.4 Å². The molecule has 4 heteroatoms. The van der Waals surface area contributed by atoms with Crippen LogP contribution in [-0.2, 0) is 14.3 Å². The van der Waals surface area contributed by atoms with Crippen molar-refractivity contribution >= 4 is 11.6 Å². The number of carbonyl (C=O) groups is 2. The Bertz CT molecular complexity index is 859. The molecule has 1 spiro atoms. The van der Waals surface area contributed by atoms with Crippen molar-refractivity contribution in [3.63, 3.8) is 0 Å². The molecule has 2 aliphatic rings. The molecular formula is C23H23FO3. The van der Waals surface area contributed by atoms with Crippen molar-refractivity contribution in [2.24, 2.45) is 5.41 Å². The molecule has 1 saturated heterocycles. The van der Waals surface area contributed by atoms with Crippen LogP contribution >= 0.6 is 0 Å². The standard InChI is InChI=1S/C23H23FO3/c1-15-2-3-17(16-4-6-18(24)7-5-16)12-19(15)22-20(25)13-23(14-21(22)26)8-10-27-11-9-23/h2-7,12,22H,8-11,13-14H2,1H3. The first-order chi connectivity index (χ1) is 13.0. The van der Waals surface area contributed by atoms with Gasteiger partial charge < -0.3 is 4.74 Å². The van der Waals surface area contributed by atoms with Crippen LogP contribution in [-0.4, -0.2) is 24.8 Å². The quantitative estimate of drug-likeness (QED) is 0.729. The van der Waals surface area contributed by atoms with Crippen LogP contribution in [0, 0.1) is 18.2 Å². The van der Waals surface area contributed by atoms with Gasteiger partial charge in [0.25, 0.3) is 0 Å². The zero-order valence-corrected chi connectivity index (χ0v) is 15.5. The molecule has 3 nitrogen and oxygen atoms in total. The van der Waals surface area contributed by atoms with Gasteiger partial charge in [-0.1, -0.05) is 24.3 Å². The van der Waals surface area contributed by atoms with Crippen LogP contribution in [0.4, 0.5) is 4.39 Å². The Morgan fingerprint density at radius 2 is 1.52 bits per heavy atom. The van der Waals surface area contributed by atoms with Crippen LogP contribution in [0.15, 0.2) is 42.5 Å². The summed E-state index contributed by atoms with van der Waals surface area (Å²) >= 11 is 0. The predicted octanol–water partition coefficient (Wildman–Crippen LogP) is 4.61. The van der Waals surface area contributed by atoms with E-state index in [1.54, 1.807) is 12.1 Å². The molecule has 140 valence electrons. The Kier molecular flexibility index (Phi) is 4.68. The number of rotatable bonds is 2. The van der Waals surface area contributed by atoms with Gasteiger partial charge >= 0.3 is 0 Å². The van der Waals surface area contributed by atoms with E-state index in [1.807, 2.05) is 25.1 Å². The number of ether oxygens (including phenoxy) is 1. The lowest BCUT2D eigenvalue weighted by Crippen LogP contribution is -2.42. The maximum atomic E-state index is 13.2. The monoisotopic (exact) mass is 366 g/mol. The van der Waals surface area contributed by atoms with Gasteiger partial charge in [0.15, 0.2) is 0 Å². The lowest BCUT2D eigenvalue weighted by molar-refractivity contribution is -0.139. The van der Waals surface area contributed by atoms with Gasteiger partial charge in [-0.15, -0.1) is 0 Å². The minimum absolute atomic E-state index is 0.0208. The van der Waals surface area contributed by atoms with Crippen LogP contribution in [0.25, 0.3) is 11.1 Å². The van der Waals surface area contributed by atoms with Crippen LogP contribution in [0.3, 0.4) is 0 Å². The Hall–Kier alpha value is -2.33. The number of Topliss-reactive ketones (excluding diaryl/α,β-unsaturated/α-hetero) is 2. The van der Waals surface area contributed by atoms with Gasteiger partial charge in [0.2, 0.25) is 0 Å². The summed E-state index contributed by atoms with van der Waals surface area (Å²) in [6, 6.07) is 12.1. The number of hydrogen-bond donors (Lipinski definition) is 0. The van der Waals surface area contributed by atoms with E-state index in [9.17, 15) is 14.0 Å². The first-order valence-corrected chi connectivity index (χ1v) is 9.47. The van der Waals surface area contributed by atoms with Crippen molar-refractivity contribution in [2.45, 2.75) is 38.5 Å². The largest absolute Gasteiger partial charge is 0.381 e. The highest BCUT2D eigenvalue weighted by molar-refractivity contribution is 6.10. The number of hydrogen-bond acceptors (Lipinski definition) is 3. The molecule has 2 aromatic rings. The van der Waals surface area contributed by atoms with Crippen molar-refractivity contribution in [1.29, 1.82) is 0 Å². The van der Waals surface area contributed by atoms with E-state index in [0.717, 1.165) is 35.1 Å². The highest BCUT2D eigenvalue weighted by Gasteiger charge is 2.46. The van der Waals surface area contributed by atoms with Gasteiger partial charge in [-0.3, -0.25) is 9.59 Å². The Morgan fingerprint density at radius 3 is 2.15 bits per heavy atom. The predicted molar refractivity (Wildman–Crippen MR) is 101 cm³/mol. The van der Waals surface area contributed by atoms with Gasteiger partial charge in [0, 0.05) is 26.1 Å². The summed E-state index contributed by atoms with van der Waals surface area (Å²) in [5, 5.41) is 0. The van der Waals surface area contributed by atoms with E-state index in [-0.39, 0.29) is 22.8 Å². The molecule has 0 radical (unpaired) electrons. The Labute approximate surface area is 158 Å². The minimum Gasteiger partial charge on any atom is -0.381 e. The molecule has 4 rings (SSSR count). The third kappa shape index (κ3) is 3.46. The lowest BCUT2D eigenvalue weighted by Gasteiger charge is -2.41. The van der Waals surface area contributed by atoms with Crippen molar-refractivity contribution in [3.8, 4) is 11.1 Å². The normalized spacial score (nSPS) is 20.2. The molecule has 0 amide bonds. The summed E-state index contributed by atoms with van der Waals surface area (Å²) < 4.78 is 18.6. The van der Waals surface area contributed by atoms with Crippen molar-refractivity contribution in [1.82, 2.24) is 0 Å². The molecule has 2 aromatic carbocycles. The van der Waals surface area contributed by atoms with E-state index in [0.29, 0.717) is 26.1 Å². The first-order valence-electron chi connectivity index (χ1n) is 9.47. The smallest absolute Gasteiger partial charge is 0.148 e. The fraction of sp³-hybridized carbons (Fsp3) is 0.391. The second kappa shape index (κ2) is 7.01. The summed E-state index contributed by atoms with van der Waals surface area (Å²) in [7, 11) is 0. The molecule has 0 unspecified atom stereocenters. The van der Waals surface area contributed by atoms with Crippen LogP contribution in [0.2, 0.25) is 0 Å². The molecule has 2 fully saturated rings. The zero-order valence-electron chi connectivity index (χ0n) is 15.5. The number of carbonyl (C=O) groups excluding carboxylic acids is 2. The lowest BCUT2D eigenvalue weighted by atomic mass is 9.63. The molecule has 1 aliphatic carbocycles. The third-order valence-corrected chi connectivity index (χ3v) is 6.06. The molecule has 1 aliphatic heterocycles. The molecule has 0 aromatic heterocycles. The number of benzene rings is 2. The summed E-state index contributed by atoms with van der Waals surface area (Å²) in [5.74, 6) is -0.927. The zero-order chi connectivity index (χ0) is 19.0. The molecule has 1 saturated carbocycles. The fourth-order valence-electron chi connectivity index (χ4n) is 4.46. The maximum Gasteiger partial charge on any atom is 0.148 e. The Balaban J connectivity index is 1.66. The molecular weight excluding hydrogens is 343 g/mol. The van der Waals surface area contributed by atoms with Gasteiger partial charge in [-0.05, 0) is 65.6 Å². The molecule has 27 heavy (non-hydrogen) atoms. The van der Waals surface area contributed by atoms with E-state index in [2.05, 4.69) is 0 Å². The maximum absolute atomic E-state index is 13.2. The van der Waals surface area contributed by atoms with E-state index in [4.69, 9.17) is 4.74 Å². The van der Waals surface area contributed by atoms with Crippen molar-refractivity contribution in [2.75, 3.05) is 13.2 Å². The molecule has 0 N–H and O–H groups in total. The second-order valence-electron chi connectivity index (χ2n) is 7.91. The van der Waals surface area contributed by atoms with E-state index in [1.165, 1.54) is 12.1 Å². The van der Waals surface area contributed by atoms with Gasteiger partial charge in [0.05, 0.1) is 0 Å². The average molecular weight is 366 g/mol. The van der Waals surface area contributed by atoms with Crippen molar-refractivity contribution < 1.29 is 18.7 Å². The number of halogens is 1. The third-order valence-electron chi connectivity index (χ3n) is 6.06. The highest BCUT2D eigenvalue weighted by Crippen LogP contribution is 2.46. The topological polar surface area (TPSA) is 43.4 Å². The summed E-state index contributed by atoms with van der Waals surface area (Å²) in [6.07, 6.45) is 2.47. The summed E-state index contributed by atoms with van der Waals surface area (Å²) in [4.78, 5) is 26.0.